The van der Waals surface area contributed by atoms with Gasteiger partial charge in [0.2, 0.25) is 0 Å². The molecule has 0 aliphatic heterocycles. The van der Waals surface area contributed by atoms with Gasteiger partial charge in [0.1, 0.15) is 0 Å². The van der Waals surface area contributed by atoms with Gasteiger partial charge in [-0.3, -0.25) is 4.79 Å². The van der Waals surface area contributed by atoms with Crippen LogP contribution in [0.3, 0.4) is 0 Å². The molecule has 0 atom stereocenters. The molecule has 0 aliphatic rings. The van der Waals surface area contributed by atoms with Crippen LogP contribution in [-0.4, -0.2) is 21.6 Å². The van der Waals surface area contributed by atoms with Gasteiger partial charge in [0.15, 0.2) is 11.5 Å². The molecule has 1 heterocycles. The molecule has 0 bridgehead atoms. The zero-order valence-corrected chi connectivity index (χ0v) is 12.7. The number of rotatable bonds is 3. The lowest BCUT2D eigenvalue weighted by atomic mass is 10.1. The number of hydrogen-bond donors (Lipinski definition) is 2. The van der Waals surface area contributed by atoms with E-state index in [1.54, 1.807) is 30.3 Å². The fourth-order valence-electron chi connectivity index (χ4n) is 1.74. The highest BCUT2D eigenvalue weighted by molar-refractivity contribution is 5.92. The summed E-state index contributed by atoms with van der Waals surface area (Å²) in [5, 5.41) is 22.6. The number of nitrogens with zero attached hydrogens (tertiary/aromatic N) is 3. The molecular formula is C16H17N5O. The molecule has 0 spiro atoms. The number of carbonyl (C=O) groups is 1. The fourth-order valence-corrected chi connectivity index (χ4v) is 1.74. The van der Waals surface area contributed by atoms with Crippen LogP contribution in [0, 0.1) is 11.3 Å². The largest absolute Gasteiger partial charge is 0.346 e. The molecule has 2 N–H and O–H groups in total. The van der Waals surface area contributed by atoms with E-state index in [9.17, 15) is 4.79 Å². The summed E-state index contributed by atoms with van der Waals surface area (Å²) in [6.45, 7) is 5.70. The zero-order valence-electron chi connectivity index (χ0n) is 12.7. The normalized spacial score (nSPS) is 10.6. The van der Waals surface area contributed by atoms with Gasteiger partial charge in [0, 0.05) is 11.2 Å². The summed E-state index contributed by atoms with van der Waals surface area (Å²) in [7, 11) is 0. The summed E-state index contributed by atoms with van der Waals surface area (Å²) in [5.74, 6) is 0.237. The molecule has 1 aromatic heterocycles. The maximum absolute atomic E-state index is 11.9. The number of benzene rings is 1. The van der Waals surface area contributed by atoms with Crippen molar-refractivity contribution in [2.24, 2.45) is 0 Å². The summed E-state index contributed by atoms with van der Waals surface area (Å²) in [4.78, 5) is 11.9. The van der Waals surface area contributed by atoms with Crippen molar-refractivity contribution >= 4 is 17.4 Å². The van der Waals surface area contributed by atoms with Gasteiger partial charge in [-0.25, -0.2) is 0 Å². The van der Waals surface area contributed by atoms with Crippen LogP contribution in [0.5, 0.6) is 0 Å². The summed E-state index contributed by atoms with van der Waals surface area (Å²) in [6, 6.07) is 12.4. The molecule has 22 heavy (non-hydrogen) atoms. The van der Waals surface area contributed by atoms with Crippen molar-refractivity contribution in [3.8, 4) is 6.07 Å². The van der Waals surface area contributed by atoms with E-state index < -0.39 is 0 Å². The van der Waals surface area contributed by atoms with E-state index in [-0.39, 0.29) is 17.1 Å². The van der Waals surface area contributed by atoms with Crippen molar-refractivity contribution in [2.45, 2.75) is 26.3 Å². The quantitative estimate of drug-likeness (QED) is 0.908. The zero-order chi connectivity index (χ0) is 16.2. The molecule has 1 aromatic carbocycles. The molecule has 0 saturated heterocycles. The molecular weight excluding hydrogens is 278 g/mol. The van der Waals surface area contributed by atoms with Crippen molar-refractivity contribution in [3.63, 3.8) is 0 Å². The van der Waals surface area contributed by atoms with Gasteiger partial charge in [-0.1, -0.05) is 6.07 Å². The van der Waals surface area contributed by atoms with Gasteiger partial charge in [0.25, 0.3) is 5.91 Å². The number of nitriles is 1. The third kappa shape index (κ3) is 4.28. The molecule has 2 rings (SSSR count). The topological polar surface area (TPSA) is 90.7 Å². The monoisotopic (exact) mass is 295 g/mol. The predicted molar refractivity (Wildman–Crippen MR) is 83.7 cm³/mol. The summed E-state index contributed by atoms with van der Waals surface area (Å²) in [5.41, 5.74) is 1.22. The lowest BCUT2D eigenvalue weighted by Crippen LogP contribution is -2.41. The van der Waals surface area contributed by atoms with Crippen molar-refractivity contribution in [1.82, 2.24) is 15.5 Å². The molecule has 0 unspecified atom stereocenters. The van der Waals surface area contributed by atoms with Crippen LogP contribution >= 0.6 is 0 Å². The van der Waals surface area contributed by atoms with Crippen molar-refractivity contribution in [3.05, 3.63) is 47.7 Å². The second-order valence-electron chi connectivity index (χ2n) is 5.83. The van der Waals surface area contributed by atoms with Crippen molar-refractivity contribution in [1.29, 1.82) is 5.26 Å². The summed E-state index contributed by atoms with van der Waals surface area (Å²) in [6.07, 6.45) is 0. The first kappa shape index (κ1) is 15.4. The Hall–Kier alpha value is -2.94. The Labute approximate surface area is 129 Å². The lowest BCUT2D eigenvalue weighted by molar-refractivity contribution is 0.0913. The summed E-state index contributed by atoms with van der Waals surface area (Å²) >= 11 is 0. The Kier molecular flexibility index (Phi) is 4.37. The molecule has 1 amide bonds. The van der Waals surface area contributed by atoms with Crippen LogP contribution in [0.4, 0.5) is 11.5 Å². The van der Waals surface area contributed by atoms with E-state index in [1.807, 2.05) is 26.8 Å². The molecule has 2 aromatic rings. The molecule has 6 heteroatoms. The summed E-state index contributed by atoms with van der Waals surface area (Å²) < 4.78 is 0. The van der Waals surface area contributed by atoms with E-state index in [1.165, 1.54) is 0 Å². The lowest BCUT2D eigenvalue weighted by Gasteiger charge is -2.19. The van der Waals surface area contributed by atoms with Crippen molar-refractivity contribution < 1.29 is 4.79 Å². The number of nitrogens with one attached hydrogen (secondary N) is 2. The minimum absolute atomic E-state index is 0.256. The van der Waals surface area contributed by atoms with Gasteiger partial charge in [0.05, 0.1) is 11.6 Å². The Morgan fingerprint density at radius 1 is 1.18 bits per heavy atom. The van der Waals surface area contributed by atoms with Crippen LogP contribution in [0.25, 0.3) is 0 Å². The first-order chi connectivity index (χ1) is 10.4. The number of hydrogen-bond acceptors (Lipinski definition) is 5. The maximum atomic E-state index is 11.9. The predicted octanol–water partition coefficient (Wildman–Crippen LogP) is 2.62. The Morgan fingerprint density at radius 3 is 2.55 bits per heavy atom. The molecule has 0 fully saturated rings. The van der Waals surface area contributed by atoms with E-state index in [4.69, 9.17) is 5.26 Å². The average molecular weight is 295 g/mol. The first-order valence-corrected chi connectivity index (χ1v) is 6.81. The van der Waals surface area contributed by atoms with Gasteiger partial charge in [-0.15, -0.1) is 10.2 Å². The van der Waals surface area contributed by atoms with Gasteiger partial charge < -0.3 is 10.6 Å². The third-order valence-corrected chi connectivity index (χ3v) is 2.65. The minimum atomic E-state index is -0.326. The Bertz CT molecular complexity index is 711. The highest BCUT2D eigenvalue weighted by Gasteiger charge is 2.16. The standard InChI is InChI=1S/C16H17N5O/c1-16(2,3)19-15(22)13-7-8-14(21-20-13)18-12-6-4-5-11(9-12)10-17/h4-9H,1-3H3,(H,18,21)(H,19,22). The molecule has 112 valence electrons. The average Bonchev–Trinajstić information content (AvgIpc) is 2.46. The first-order valence-electron chi connectivity index (χ1n) is 6.81. The Morgan fingerprint density at radius 2 is 1.95 bits per heavy atom. The highest BCUT2D eigenvalue weighted by atomic mass is 16.2. The van der Waals surface area contributed by atoms with E-state index in [0.717, 1.165) is 5.69 Å². The van der Waals surface area contributed by atoms with Gasteiger partial charge in [-0.05, 0) is 51.1 Å². The molecule has 0 saturated carbocycles. The van der Waals surface area contributed by atoms with Crippen molar-refractivity contribution in [2.75, 3.05) is 5.32 Å². The number of amides is 1. The SMILES string of the molecule is CC(C)(C)NC(=O)c1ccc(Nc2cccc(C#N)c2)nn1. The van der Waals surface area contributed by atoms with E-state index >= 15 is 0 Å². The maximum Gasteiger partial charge on any atom is 0.272 e. The van der Waals surface area contributed by atoms with Crippen LogP contribution in [0.1, 0.15) is 36.8 Å². The second-order valence-corrected chi connectivity index (χ2v) is 5.83. The third-order valence-electron chi connectivity index (χ3n) is 2.65. The van der Waals surface area contributed by atoms with E-state index in [0.29, 0.717) is 11.4 Å². The van der Waals surface area contributed by atoms with Gasteiger partial charge in [-0.2, -0.15) is 5.26 Å². The van der Waals surface area contributed by atoms with Crippen LogP contribution < -0.4 is 10.6 Å². The Balaban J connectivity index is 2.09. The smallest absolute Gasteiger partial charge is 0.272 e. The van der Waals surface area contributed by atoms with E-state index in [2.05, 4.69) is 26.9 Å². The molecule has 0 radical (unpaired) electrons. The fraction of sp³-hybridized carbons (Fsp3) is 0.250. The number of carbonyl (C=O) groups excluding carboxylic acids is 1. The number of anilines is 2. The molecule has 0 aliphatic carbocycles. The number of aromatic nitrogens is 2. The minimum Gasteiger partial charge on any atom is -0.346 e. The highest BCUT2D eigenvalue weighted by Crippen LogP contribution is 2.15. The van der Waals surface area contributed by atoms with Crippen LogP contribution in [-0.2, 0) is 0 Å². The van der Waals surface area contributed by atoms with Gasteiger partial charge >= 0.3 is 0 Å². The molecule has 6 nitrogen and oxygen atoms in total. The van der Waals surface area contributed by atoms with Crippen LogP contribution in [0.2, 0.25) is 0 Å². The van der Waals surface area contributed by atoms with Crippen LogP contribution in [0.15, 0.2) is 36.4 Å². The second kappa shape index (κ2) is 6.22.